The molecule has 1 aromatic carbocycles. The number of carbonyl (C=O) groups excluding carboxylic acids is 2. The Hall–Kier alpha value is -1.91. The van der Waals surface area contributed by atoms with E-state index in [-0.39, 0.29) is 29.6 Å². The minimum absolute atomic E-state index is 0.0202. The molecule has 1 atom stereocenters. The van der Waals surface area contributed by atoms with Gasteiger partial charge in [0, 0.05) is 25.4 Å². The van der Waals surface area contributed by atoms with E-state index in [0.717, 1.165) is 5.56 Å². The summed E-state index contributed by atoms with van der Waals surface area (Å²) in [6.07, 6.45) is 1.05. The molecule has 1 N–H and O–H groups in total. The molecule has 0 saturated carbocycles. The molecule has 1 heterocycles. The van der Waals surface area contributed by atoms with Crippen molar-refractivity contribution in [3.05, 3.63) is 35.6 Å². The highest BCUT2D eigenvalue weighted by Crippen LogP contribution is 2.13. The van der Waals surface area contributed by atoms with Gasteiger partial charge in [-0.15, -0.1) is 0 Å². The standard InChI is InChI=1S/C16H21FN2O2/c1-11(2)16(21)18-14-9-15(20)19(10-14)8-7-12-3-5-13(17)6-4-12/h3-6,11,14H,7-10H2,1-2H3,(H,18,21)/t14-/m0/s1. The molecule has 1 saturated heterocycles. The minimum atomic E-state index is -0.257. The highest BCUT2D eigenvalue weighted by molar-refractivity contribution is 5.82. The van der Waals surface area contributed by atoms with Gasteiger partial charge in [0.1, 0.15) is 5.82 Å². The van der Waals surface area contributed by atoms with Crippen molar-refractivity contribution in [2.24, 2.45) is 5.92 Å². The summed E-state index contributed by atoms with van der Waals surface area (Å²) in [7, 11) is 0. The smallest absolute Gasteiger partial charge is 0.224 e. The number of halogens is 1. The summed E-state index contributed by atoms with van der Waals surface area (Å²) in [6, 6.07) is 6.21. The topological polar surface area (TPSA) is 49.4 Å². The minimum Gasteiger partial charge on any atom is -0.351 e. The molecule has 0 bridgehead atoms. The molecule has 5 heteroatoms. The van der Waals surface area contributed by atoms with Gasteiger partial charge >= 0.3 is 0 Å². The van der Waals surface area contributed by atoms with Gasteiger partial charge in [-0.1, -0.05) is 26.0 Å². The van der Waals surface area contributed by atoms with Crippen molar-refractivity contribution in [1.29, 1.82) is 0 Å². The molecule has 0 aromatic heterocycles. The SMILES string of the molecule is CC(C)C(=O)N[C@H]1CC(=O)N(CCc2ccc(F)cc2)C1. The van der Waals surface area contributed by atoms with Crippen molar-refractivity contribution in [1.82, 2.24) is 10.2 Å². The maximum atomic E-state index is 12.8. The molecule has 0 spiro atoms. The summed E-state index contributed by atoms with van der Waals surface area (Å²) in [6.45, 7) is 4.81. The second-order valence-corrected chi connectivity index (χ2v) is 5.78. The number of hydrogen-bond acceptors (Lipinski definition) is 2. The average Bonchev–Trinajstić information content (AvgIpc) is 2.78. The van der Waals surface area contributed by atoms with Crippen LogP contribution in [0.1, 0.15) is 25.8 Å². The van der Waals surface area contributed by atoms with E-state index in [1.807, 2.05) is 13.8 Å². The molecule has 1 fully saturated rings. The van der Waals surface area contributed by atoms with Crippen LogP contribution in [0.15, 0.2) is 24.3 Å². The van der Waals surface area contributed by atoms with Crippen LogP contribution in [-0.4, -0.2) is 35.8 Å². The normalized spacial score (nSPS) is 18.4. The van der Waals surface area contributed by atoms with E-state index in [1.54, 1.807) is 17.0 Å². The number of amides is 2. The molecular formula is C16H21FN2O2. The molecule has 2 amide bonds. The van der Waals surface area contributed by atoms with Crippen LogP contribution in [0.2, 0.25) is 0 Å². The second kappa shape index (κ2) is 6.70. The molecule has 4 nitrogen and oxygen atoms in total. The van der Waals surface area contributed by atoms with Gasteiger partial charge in [0.15, 0.2) is 0 Å². The fourth-order valence-electron chi connectivity index (χ4n) is 2.37. The summed E-state index contributed by atoms with van der Waals surface area (Å²) in [5.74, 6) is -0.291. The molecule has 21 heavy (non-hydrogen) atoms. The first-order valence-electron chi connectivity index (χ1n) is 7.28. The van der Waals surface area contributed by atoms with E-state index in [2.05, 4.69) is 5.32 Å². The molecule has 1 aliphatic heterocycles. The van der Waals surface area contributed by atoms with Gasteiger partial charge in [0.25, 0.3) is 0 Å². The van der Waals surface area contributed by atoms with E-state index in [1.165, 1.54) is 12.1 Å². The van der Waals surface area contributed by atoms with Crippen LogP contribution < -0.4 is 5.32 Å². The maximum Gasteiger partial charge on any atom is 0.224 e. The van der Waals surface area contributed by atoms with Gasteiger partial charge in [0.05, 0.1) is 6.04 Å². The molecule has 0 unspecified atom stereocenters. The predicted octanol–water partition coefficient (Wildman–Crippen LogP) is 1.74. The highest BCUT2D eigenvalue weighted by atomic mass is 19.1. The quantitative estimate of drug-likeness (QED) is 0.898. The van der Waals surface area contributed by atoms with Crippen molar-refractivity contribution < 1.29 is 14.0 Å². The van der Waals surface area contributed by atoms with Crippen LogP contribution in [0.25, 0.3) is 0 Å². The first-order chi connectivity index (χ1) is 9.95. The van der Waals surface area contributed by atoms with Gasteiger partial charge in [-0.05, 0) is 24.1 Å². The van der Waals surface area contributed by atoms with E-state index in [4.69, 9.17) is 0 Å². The number of benzene rings is 1. The van der Waals surface area contributed by atoms with Crippen molar-refractivity contribution in [2.75, 3.05) is 13.1 Å². The van der Waals surface area contributed by atoms with Crippen LogP contribution >= 0.6 is 0 Å². The summed E-state index contributed by atoms with van der Waals surface area (Å²) in [4.78, 5) is 25.3. The molecular weight excluding hydrogens is 271 g/mol. The summed E-state index contributed by atoms with van der Waals surface area (Å²) in [5, 5.41) is 2.89. The Morgan fingerprint density at radius 1 is 1.38 bits per heavy atom. The van der Waals surface area contributed by atoms with Gasteiger partial charge in [0.2, 0.25) is 11.8 Å². The predicted molar refractivity (Wildman–Crippen MR) is 78.1 cm³/mol. The Labute approximate surface area is 124 Å². The summed E-state index contributed by atoms with van der Waals surface area (Å²) < 4.78 is 12.8. The zero-order valence-electron chi connectivity index (χ0n) is 12.4. The summed E-state index contributed by atoms with van der Waals surface area (Å²) >= 11 is 0. The first kappa shape index (κ1) is 15.5. The van der Waals surface area contributed by atoms with Crippen LogP contribution in [0.3, 0.4) is 0 Å². The lowest BCUT2D eigenvalue weighted by Gasteiger charge is -2.17. The molecule has 1 aliphatic rings. The number of nitrogens with zero attached hydrogens (tertiary/aromatic N) is 1. The van der Waals surface area contributed by atoms with Crippen molar-refractivity contribution in [2.45, 2.75) is 32.7 Å². The van der Waals surface area contributed by atoms with E-state index >= 15 is 0 Å². The van der Waals surface area contributed by atoms with Crippen LogP contribution in [0.4, 0.5) is 4.39 Å². The number of likely N-dealkylation sites (tertiary alicyclic amines) is 1. The maximum absolute atomic E-state index is 12.8. The zero-order valence-corrected chi connectivity index (χ0v) is 12.4. The Morgan fingerprint density at radius 3 is 2.67 bits per heavy atom. The fraction of sp³-hybridized carbons (Fsp3) is 0.500. The molecule has 0 radical (unpaired) electrons. The lowest BCUT2D eigenvalue weighted by Crippen LogP contribution is -2.39. The zero-order chi connectivity index (χ0) is 15.4. The van der Waals surface area contributed by atoms with Crippen LogP contribution in [-0.2, 0) is 16.0 Å². The fourth-order valence-corrected chi connectivity index (χ4v) is 2.37. The van der Waals surface area contributed by atoms with Gasteiger partial charge < -0.3 is 10.2 Å². The molecule has 1 aromatic rings. The van der Waals surface area contributed by atoms with Crippen molar-refractivity contribution >= 4 is 11.8 Å². The molecule has 114 valence electrons. The molecule has 2 rings (SSSR count). The van der Waals surface area contributed by atoms with E-state index in [0.29, 0.717) is 25.9 Å². The number of nitrogens with one attached hydrogen (secondary N) is 1. The van der Waals surface area contributed by atoms with Gasteiger partial charge in [-0.3, -0.25) is 9.59 Å². The molecule has 0 aliphatic carbocycles. The Balaban J connectivity index is 1.83. The van der Waals surface area contributed by atoms with E-state index in [9.17, 15) is 14.0 Å². The van der Waals surface area contributed by atoms with Gasteiger partial charge in [-0.2, -0.15) is 0 Å². The number of rotatable bonds is 5. The third kappa shape index (κ3) is 4.28. The van der Waals surface area contributed by atoms with Crippen molar-refractivity contribution in [3.63, 3.8) is 0 Å². The highest BCUT2D eigenvalue weighted by Gasteiger charge is 2.30. The first-order valence-corrected chi connectivity index (χ1v) is 7.28. The third-order valence-corrected chi connectivity index (χ3v) is 3.67. The third-order valence-electron chi connectivity index (χ3n) is 3.67. The largest absolute Gasteiger partial charge is 0.351 e. The number of carbonyl (C=O) groups is 2. The Kier molecular flexibility index (Phi) is 4.94. The lowest BCUT2D eigenvalue weighted by atomic mass is 10.1. The lowest BCUT2D eigenvalue weighted by molar-refractivity contribution is -0.127. The van der Waals surface area contributed by atoms with Crippen molar-refractivity contribution in [3.8, 4) is 0 Å². The van der Waals surface area contributed by atoms with Crippen LogP contribution in [0, 0.1) is 11.7 Å². The van der Waals surface area contributed by atoms with Crippen LogP contribution in [0.5, 0.6) is 0 Å². The number of hydrogen-bond donors (Lipinski definition) is 1. The average molecular weight is 292 g/mol. The second-order valence-electron chi connectivity index (χ2n) is 5.78. The van der Waals surface area contributed by atoms with E-state index < -0.39 is 0 Å². The Morgan fingerprint density at radius 2 is 2.05 bits per heavy atom. The Bertz CT molecular complexity index is 514. The monoisotopic (exact) mass is 292 g/mol. The van der Waals surface area contributed by atoms with Gasteiger partial charge in [-0.25, -0.2) is 4.39 Å². The summed E-state index contributed by atoms with van der Waals surface area (Å²) in [5.41, 5.74) is 0.999.